The molecule has 0 atom stereocenters. The monoisotopic (exact) mass is 270 g/mol. The van der Waals surface area contributed by atoms with Crippen LogP contribution >= 0.6 is 0 Å². The van der Waals surface area contributed by atoms with Crippen molar-refractivity contribution in [3.05, 3.63) is 52.6 Å². The number of nitrogen functional groups attached to an aromatic ring is 1. The number of carbonyl (C=O) groups is 1. The Morgan fingerprint density at radius 1 is 1.00 bits per heavy atom. The van der Waals surface area contributed by atoms with Crippen molar-refractivity contribution in [2.75, 3.05) is 11.1 Å². The molecular formula is C16H18N2O2. The van der Waals surface area contributed by atoms with Crippen molar-refractivity contribution in [3.8, 4) is 0 Å². The minimum Gasteiger partial charge on any atom is -0.478 e. The fraction of sp³-hybridized carbons (Fsp3) is 0.188. The van der Waals surface area contributed by atoms with E-state index < -0.39 is 5.97 Å². The molecule has 4 N–H and O–H groups in total. The zero-order valence-corrected chi connectivity index (χ0v) is 11.8. The summed E-state index contributed by atoms with van der Waals surface area (Å²) in [5, 5.41) is 12.4. The van der Waals surface area contributed by atoms with E-state index in [2.05, 4.69) is 11.4 Å². The molecule has 2 rings (SSSR count). The lowest BCUT2D eigenvalue weighted by Crippen LogP contribution is -2.05. The number of nitrogens with two attached hydrogens (primary N) is 1. The molecule has 4 heteroatoms. The zero-order chi connectivity index (χ0) is 14.9. The van der Waals surface area contributed by atoms with Crippen molar-refractivity contribution >= 4 is 23.0 Å². The molecule has 0 fully saturated rings. The van der Waals surface area contributed by atoms with Gasteiger partial charge in [-0.05, 0) is 61.7 Å². The summed E-state index contributed by atoms with van der Waals surface area (Å²) in [6.45, 7) is 5.85. The van der Waals surface area contributed by atoms with Crippen LogP contribution in [0.1, 0.15) is 27.0 Å². The zero-order valence-electron chi connectivity index (χ0n) is 11.8. The lowest BCUT2D eigenvalue weighted by molar-refractivity contribution is 0.0698. The molecule has 2 aromatic carbocycles. The Labute approximate surface area is 118 Å². The maximum atomic E-state index is 11.2. The van der Waals surface area contributed by atoms with Gasteiger partial charge in [-0.2, -0.15) is 0 Å². The first-order valence-electron chi connectivity index (χ1n) is 6.35. The molecule has 0 saturated heterocycles. The van der Waals surface area contributed by atoms with Crippen molar-refractivity contribution in [3.63, 3.8) is 0 Å². The Kier molecular flexibility index (Phi) is 3.66. The first-order valence-corrected chi connectivity index (χ1v) is 6.35. The average Bonchev–Trinajstić information content (AvgIpc) is 2.31. The average molecular weight is 270 g/mol. The van der Waals surface area contributed by atoms with Crippen LogP contribution < -0.4 is 11.1 Å². The molecule has 0 spiro atoms. The van der Waals surface area contributed by atoms with Crippen LogP contribution in [0.4, 0.5) is 17.1 Å². The predicted octanol–water partition coefficient (Wildman–Crippen LogP) is 3.64. The van der Waals surface area contributed by atoms with Gasteiger partial charge in [0.2, 0.25) is 0 Å². The third-order valence-electron chi connectivity index (χ3n) is 3.13. The molecule has 0 bridgehead atoms. The van der Waals surface area contributed by atoms with Crippen LogP contribution in [0.15, 0.2) is 30.3 Å². The number of nitrogens with one attached hydrogen (secondary N) is 1. The van der Waals surface area contributed by atoms with Gasteiger partial charge in [-0.1, -0.05) is 6.07 Å². The summed E-state index contributed by atoms with van der Waals surface area (Å²) in [5.41, 5.74) is 10.9. The van der Waals surface area contributed by atoms with Crippen LogP contribution in [0.2, 0.25) is 0 Å². The van der Waals surface area contributed by atoms with E-state index in [1.165, 1.54) is 0 Å². The van der Waals surface area contributed by atoms with Crippen molar-refractivity contribution in [1.29, 1.82) is 0 Å². The molecule has 104 valence electrons. The van der Waals surface area contributed by atoms with E-state index in [0.717, 1.165) is 28.1 Å². The van der Waals surface area contributed by atoms with Gasteiger partial charge in [-0.25, -0.2) is 4.79 Å². The van der Waals surface area contributed by atoms with Crippen molar-refractivity contribution in [2.45, 2.75) is 20.8 Å². The highest BCUT2D eigenvalue weighted by Crippen LogP contribution is 2.26. The van der Waals surface area contributed by atoms with E-state index in [4.69, 9.17) is 10.8 Å². The molecule has 2 aromatic rings. The largest absolute Gasteiger partial charge is 0.478 e. The quantitative estimate of drug-likeness (QED) is 0.744. The molecule has 0 saturated carbocycles. The molecule has 0 aliphatic carbocycles. The number of aryl methyl sites for hydroxylation is 3. The summed E-state index contributed by atoms with van der Waals surface area (Å²) < 4.78 is 0. The minimum atomic E-state index is -1.02. The van der Waals surface area contributed by atoms with Gasteiger partial charge in [0.05, 0.1) is 5.56 Å². The summed E-state index contributed by atoms with van der Waals surface area (Å²) >= 11 is 0. The number of anilines is 3. The summed E-state index contributed by atoms with van der Waals surface area (Å²) in [6.07, 6.45) is 0. The highest BCUT2D eigenvalue weighted by atomic mass is 16.4. The van der Waals surface area contributed by atoms with Crippen LogP contribution in [0.25, 0.3) is 0 Å². The van der Waals surface area contributed by atoms with Crippen LogP contribution in [0.3, 0.4) is 0 Å². The molecule has 0 aromatic heterocycles. The van der Waals surface area contributed by atoms with E-state index in [0.29, 0.717) is 5.69 Å². The second-order valence-electron chi connectivity index (χ2n) is 5.06. The van der Waals surface area contributed by atoms with Gasteiger partial charge >= 0.3 is 5.97 Å². The van der Waals surface area contributed by atoms with Gasteiger partial charge in [0, 0.05) is 17.1 Å². The minimum absolute atomic E-state index is 0.122. The lowest BCUT2D eigenvalue weighted by Gasteiger charge is -2.12. The third-order valence-corrected chi connectivity index (χ3v) is 3.13. The number of hydrogen-bond donors (Lipinski definition) is 3. The van der Waals surface area contributed by atoms with Crippen molar-refractivity contribution in [1.82, 2.24) is 0 Å². The summed E-state index contributed by atoms with van der Waals surface area (Å²) in [7, 11) is 0. The van der Waals surface area contributed by atoms with E-state index >= 15 is 0 Å². The number of benzene rings is 2. The fourth-order valence-corrected chi connectivity index (χ4v) is 2.26. The second-order valence-corrected chi connectivity index (χ2v) is 5.06. The number of carboxylic acid groups (broad SMARTS) is 1. The van der Waals surface area contributed by atoms with Gasteiger partial charge in [0.15, 0.2) is 0 Å². The van der Waals surface area contributed by atoms with Crippen molar-refractivity contribution < 1.29 is 9.90 Å². The maximum absolute atomic E-state index is 11.2. The Bertz CT molecular complexity index is 658. The standard InChI is InChI=1S/C16H18N2O2/c1-9-4-10(2)6-12(5-9)18-13-7-11(3)15(17)14(8-13)16(19)20/h4-8,18H,17H2,1-3H3,(H,19,20). The van der Waals surface area contributed by atoms with Crippen LogP contribution in [-0.4, -0.2) is 11.1 Å². The molecular weight excluding hydrogens is 252 g/mol. The van der Waals surface area contributed by atoms with Gasteiger partial charge in [0.25, 0.3) is 0 Å². The summed E-state index contributed by atoms with van der Waals surface area (Å²) in [6, 6.07) is 9.52. The first kappa shape index (κ1) is 13.9. The maximum Gasteiger partial charge on any atom is 0.337 e. The Hall–Kier alpha value is -2.49. The number of hydrogen-bond acceptors (Lipinski definition) is 3. The van der Waals surface area contributed by atoms with E-state index in [9.17, 15) is 4.79 Å². The third kappa shape index (κ3) is 2.91. The SMILES string of the molecule is Cc1cc(C)cc(Nc2cc(C)c(N)c(C(=O)O)c2)c1. The fourth-order valence-electron chi connectivity index (χ4n) is 2.26. The smallest absolute Gasteiger partial charge is 0.337 e. The van der Waals surface area contributed by atoms with Crippen LogP contribution in [-0.2, 0) is 0 Å². The van der Waals surface area contributed by atoms with Gasteiger partial charge in [-0.15, -0.1) is 0 Å². The van der Waals surface area contributed by atoms with E-state index in [1.807, 2.05) is 32.0 Å². The molecule has 4 nitrogen and oxygen atoms in total. The predicted molar refractivity (Wildman–Crippen MR) is 81.7 cm³/mol. The highest BCUT2D eigenvalue weighted by molar-refractivity contribution is 5.96. The molecule has 0 amide bonds. The number of rotatable bonds is 3. The summed E-state index contributed by atoms with van der Waals surface area (Å²) in [4.78, 5) is 11.2. The van der Waals surface area contributed by atoms with E-state index in [-0.39, 0.29) is 5.56 Å². The van der Waals surface area contributed by atoms with E-state index in [1.54, 1.807) is 13.0 Å². The van der Waals surface area contributed by atoms with Crippen LogP contribution in [0, 0.1) is 20.8 Å². The summed E-state index contributed by atoms with van der Waals surface area (Å²) in [5.74, 6) is -1.02. The highest BCUT2D eigenvalue weighted by Gasteiger charge is 2.11. The Morgan fingerprint density at radius 2 is 1.55 bits per heavy atom. The molecule has 0 aliphatic rings. The Balaban J connectivity index is 2.41. The first-order chi connectivity index (χ1) is 9.36. The lowest BCUT2D eigenvalue weighted by atomic mass is 10.1. The van der Waals surface area contributed by atoms with Gasteiger partial charge in [0.1, 0.15) is 0 Å². The molecule has 0 unspecified atom stereocenters. The van der Waals surface area contributed by atoms with Crippen LogP contribution in [0.5, 0.6) is 0 Å². The number of aromatic carboxylic acids is 1. The molecule has 0 aliphatic heterocycles. The van der Waals surface area contributed by atoms with Crippen molar-refractivity contribution in [2.24, 2.45) is 0 Å². The second kappa shape index (κ2) is 5.25. The van der Waals surface area contributed by atoms with Gasteiger partial charge in [-0.3, -0.25) is 0 Å². The topological polar surface area (TPSA) is 75.3 Å². The molecule has 0 radical (unpaired) electrons. The van der Waals surface area contributed by atoms with Gasteiger partial charge < -0.3 is 16.2 Å². The molecule has 0 heterocycles. The normalized spacial score (nSPS) is 10.3. The Morgan fingerprint density at radius 3 is 2.10 bits per heavy atom. The molecule has 20 heavy (non-hydrogen) atoms. The number of carboxylic acids is 1.